The SMILES string of the molecule is COC(=O)[C@@H]1[C@H]2[C@H](C)[C@@H](O[Si](C)(C)C(C)(C)C)[C@]3(C)[C@@H]2C(C)=C[C@@]1(C)/C=C(/C)[C@@H]3C. The summed E-state index contributed by atoms with van der Waals surface area (Å²) in [4.78, 5) is 13.2. The summed E-state index contributed by atoms with van der Waals surface area (Å²) in [7, 11) is -0.447. The van der Waals surface area contributed by atoms with Crippen molar-refractivity contribution in [2.24, 2.45) is 40.4 Å². The molecule has 3 nitrogen and oxygen atoms in total. The molecule has 0 saturated heterocycles. The van der Waals surface area contributed by atoms with Crippen LogP contribution >= 0.6 is 0 Å². The Morgan fingerprint density at radius 2 is 1.60 bits per heavy atom. The van der Waals surface area contributed by atoms with Crippen LogP contribution < -0.4 is 0 Å². The van der Waals surface area contributed by atoms with E-state index in [0.717, 1.165) is 0 Å². The van der Waals surface area contributed by atoms with Crippen LogP contribution in [-0.4, -0.2) is 27.5 Å². The number of carbonyl (C=O) groups excluding carboxylic acids is 1. The van der Waals surface area contributed by atoms with E-state index in [9.17, 15) is 4.79 Å². The third-order valence-electron chi connectivity index (χ3n) is 9.67. The van der Waals surface area contributed by atoms with Gasteiger partial charge in [-0.3, -0.25) is 4.79 Å². The van der Waals surface area contributed by atoms with Crippen molar-refractivity contribution in [2.75, 3.05) is 7.11 Å². The normalized spacial score (nSPS) is 45.3. The van der Waals surface area contributed by atoms with Gasteiger partial charge in [-0.15, -0.1) is 0 Å². The maximum Gasteiger partial charge on any atom is 0.310 e. The zero-order valence-electron chi connectivity index (χ0n) is 21.3. The summed E-state index contributed by atoms with van der Waals surface area (Å²) in [5.74, 6) is 1.02. The van der Waals surface area contributed by atoms with Crippen LogP contribution in [-0.2, 0) is 14.0 Å². The highest BCUT2D eigenvalue weighted by atomic mass is 28.4. The van der Waals surface area contributed by atoms with Crippen molar-refractivity contribution in [2.45, 2.75) is 86.5 Å². The van der Waals surface area contributed by atoms with E-state index in [0.29, 0.717) is 17.8 Å². The molecule has 0 amide bonds. The Morgan fingerprint density at radius 3 is 2.10 bits per heavy atom. The topological polar surface area (TPSA) is 35.5 Å². The predicted molar refractivity (Wildman–Crippen MR) is 127 cm³/mol. The minimum Gasteiger partial charge on any atom is -0.469 e. The maximum absolute atomic E-state index is 13.2. The van der Waals surface area contributed by atoms with E-state index in [1.54, 1.807) is 0 Å². The van der Waals surface area contributed by atoms with Crippen LogP contribution in [0.3, 0.4) is 0 Å². The fourth-order valence-electron chi connectivity index (χ4n) is 7.06. The summed E-state index contributed by atoms with van der Waals surface area (Å²) in [6.45, 7) is 25.6. The van der Waals surface area contributed by atoms with Gasteiger partial charge in [0, 0.05) is 10.8 Å². The van der Waals surface area contributed by atoms with Crippen LogP contribution in [0.5, 0.6) is 0 Å². The van der Waals surface area contributed by atoms with Gasteiger partial charge in [-0.1, -0.05) is 71.8 Å². The fraction of sp³-hybridized carbons (Fsp3) is 0.808. The van der Waals surface area contributed by atoms with Crippen molar-refractivity contribution >= 4 is 14.3 Å². The number of methoxy groups -OCH3 is 1. The first-order valence-electron chi connectivity index (χ1n) is 11.7. The van der Waals surface area contributed by atoms with Crippen molar-refractivity contribution < 1.29 is 14.0 Å². The van der Waals surface area contributed by atoms with Gasteiger partial charge in [0.15, 0.2) is 8.32 Å². The van der Waals surface area contributed by atoms with Gasteiger partial charge in [0.1, 0.15) is 0 Å². The second kappa shape index (κ2) is 7.06. The van der Waals surface area contributed by atoms with Crippen molar-refractivity contribution in [1.29, 1.82) is 0 Å². The molecular formula is C26H44O3Si. The van der Waals surface area contributed by atoms with E-state index in [2.05, 4.69) is 87.6 Å². The molecule has 0 aromatic rings. The van der Waals surface area contributed by atoms with Crippen LogP contribution in [0.25, 0.3) is 0 Å². The molecule has 0 radical (unpaired) electrons. The molecule has 0 spiro atoms. The lowest BCUT2D eigenvalue weighted by molar-refractivity contribution is -0.153. The lowest BCUT2D eigenvalue weighted by atomic mass is 9.52. The van der Waals surface area contributed by atoms with Crippen molar-refractivity contribution in [3.05, 3.63) is 23.3 Å². The Hall–Kier alpha value is -0.873. The van der Waals surface area contributed by atoms with Crippen molar-refractivity contribution in [1.82, 2.24) is 0 Å². The quantitative estimate of drug-likeness (QED) is 0.286. The van der Waals surface area contributed by atoms with Crippen LogP contribution in [0.2, 0.25) is 18.1 Å². The first-order valence-corrected chi connectivity index (χ1v) is 14.6. The van der Waals surface area contributed by atoms with Crippen LogP contribution in [0.15, 0.2) is 23.3 Å². The Balaban J connectivity index is 2.26. The molecule has 30 heavy (non-hydrogen) atoms. The minimum absolute atomic E-state index is 0.0468. The molecule has 0 aliphatic heterocycles. The van der Waals surface area contributed by atoms with E-state index in [1.165, 1.54) is 18.3 Å². The second-order valence-electron chi connectivity index (χ2n) is 12.4. The maximum atomic E-state index is 13.2. The summed E-state index contributed by atoms with van der Waals surface area (Å²) in [6.07, 6.45) is 4.86. The Morgan fingerprint density at radius 1 is 1.07 bits per heavy atom. The summed E-state index contributed by atoms with van der Waals surface area (Å²) in [5, 5.41) is 0.150. The molecule has 0 N–H and O–H groups in total. The molecule has 1 saturated carbocycles. The number of carbonyl (C=O) groups is 1. The van der Waals surface area contributed by atoms with Crippen molar-refractivity contribution in [3.8, 4) is 0 Å². The van der Waals surface area contributed by atoms with Gasteiger partial charge in [0.05, 0.1) is 19.1 Å². The molecule has 4 aliphatic rings. The molecule has 0 aromatic carbocycles. The van der Waals surface area contributed by atoms with Gasteiger partial charge < -0.3 is 9.16 Å². The van der Waals surface area contributed by atoms with Crippen LogP contribution in [0, 0.1) is 40.4 Å². The third kappa shape index (κ3) is 3.11. The van der Waals surface area contributed by atoms with Gasteiger partial charge in [0.25, 0.3) is 0 Å². The summed E-state index contributed by atoms with van der Waals surface area (Å²) < 4.78 is 12.6. The molecule has 170 valence electrons. The summed E-state index contributed by atoms with van der Waals surface area (Å²) >= 11 is 0. The number of hydrogen-bond acceptors (Lipinski definition) is 3. The highest BCUT2D eigenvalue weighted by molar-refractivity contribution is 6.74. The molecule has 0 aromatic heterocycles. The van der Waals surface area contributed by atoms with Crippen molar-refractivity contribution in [3.63, 3.8) is 0 Å². The van der Waals surface area contributed by atoms with E-state index < -0.39 is 8.32 Å². The molecule has 4 aliphatic carbocycles. The largest absolute Gasteiger partial charge is 0.469 e. The molecular weight excluding hydrogens is 388 g/mol. The third-order valence-corrected chi connectivity index (χ3v) is 14.1. The first kappa shape index (κ1) is 23.8. The Labute approximate surface area is 185 Å². The van der Waals surface area contributed by atoms with Gasteiger partial charge >= 0.3 is 5.97 Å². The molecule has 0 heterocycles. The number of allylic oxidation sites excluding steroid dienone is 4. The fourth-order valence-corrected chi connectivity index (χ4v) is 8.52. The van der Waals surface area contributed by atoms with Gasteiger partial charge in [0.2, 0.25) is 0 Å². The second-order valence-corrected chi connectivity index (χ2v) is 17.2. The van der Waals surface area contributed by atoms with E-state index >= 15 is 0 Å². The zero-order chi connectivity index (χ0) is 23.0. The van der Waals surface area contributed by atoms with E-state index in [1.807, 2.05) is 0 Å². The van der Waals surface area contributed by atoms with E-state index in [-0.39, 0.29) is 39.8 Å². The predicted octanol–water partition coefficient (Wildman–Crippen LogP) is 6.62. The van der Waals surface area contributed by atoms with Gasteiger partial charge in [-0.05, 0) is 55.7 Å². The molecule has 4 bridgehead atoms. The highest BCUT2D eigenvalue weighted by Gasteiger charge is 2.67. The monoisotopic (exact) mass is 432 g/mol. The molecule has 1 fully saturated rings. The molecule has 0 unspecified atom stereocenters. The number of rotatable bonds is 3. The van der Waals surface area contributed by atoms with Gasteiger partial charge in [-0.25, -0.2) is 0 Å². The molecule has 4 rings (SSSR count). The van der Waals surface area contributed by atoms with E-state index in [4.69, 9.17) is 9.16 Å². The molecule has 4 heteroatoms. The number of fused-ring (bicyclic) bond motifs is 1. The first-order chi connectivity index (χ1) is 13.5. The summed E-state index contributed by atoms with van der Waals surface area (Å²) in [5.41, 5.74) is 2.44. The number of hydrogen-bond donors (Lipinski definition) is 0. The lowest BCUT2D eigenvalue weighted by Crippen LogP contribution is -2.52. The van der Waals surface area contributed by atoms with Crippen LogP contribution in [0.1, 0.15) is 62.3 Å². The summed E-state index contributed by atoms with van der Waals surface area (Å²) in [6, 6.07) is 0. The smallest absolute Gasteiger partial charge is 0.310 e. The van der Waals surface area contributed by atoms with Crippen LogP contribution in [0.4, 0.5) is 0 Å². The lowest BCUT2D eigenvalue weighted by Gasteiger charge is -2.52. The number of esters is 1. The molecule has 8 atom stereocenters. The average molecular weight is 433 g/mol. The zero-order valence-corrected chi connectivity index (χ0v) is 22.3. The Bertz CT molecular complexity index is 789. The van der Waals surface area contributed by atoms with Gasteiger partial charge in [-0.2, -0.15) is 0 Å². The standard InChI is InChI=1S/C26H44O3Si/c1-15-13-25(8)14-16(2)20-19(21(25)23(27)28-10)17(3)22(26(20,9)18(15)4)29-30(11,12)24(5,6)7/h13-14,17-22H,1-12H3/b15-13-/t17-,18-,19-,20+,21-,22+,25+,26-/m0/s1. The number of ether oxygens (including phenoxy) is 1. The highest BCUT2D eigenvalue weighted by Crippen LogP contribution is 2.68. The minimum atomic E-state index is -1.99. The Kier molecular flexibility index (Phi) is 5.60. The average Bonchev–Trinajstić information content (AvgIpc) is 2.81.